The van der Waals surface area contributed by atoms with Crippen LogP contribution in [0.3, 0.4) is 0 Å². The van der Waals surface area contributed by atoms with Crippen molar-refractivity contribution in [3.8, 4) is 5.75 Å². The van der Waals surface area contributed by atoms with Gasteiger partial charge in [0.1, 0.15) is 5.75 Å². The average Bonchev–Trinajstić information content (AvgIpc) is 2.60. The fraction of sp³-hybridized carbons (Fsp3) is 0.250. The van der Waals surface area contributed by atoms with Crippen LogP contribution in [0.5, 0.6) is 5.75 Å². The summed E-state index contributed by atoms with van der Waals surface area (Å²) in [5.41, 5.74) is 1.51. The molecule has 6 nitrogen and oxygen atoms in total. The fourth-order valence-corrected chi connectivity index (χ4v) is 2.91. The molecule has 7 heteroatoms. The lowest BCUT2D eigenvalue weighted by atomic mass is 10.1. The number of halogens is 1. The van der Waals surface area contributed by atoms with E-state index < -0.39 is 0 Å². The minimum Gasteiger partial charge on any atom is -0.483 e. The van der Waals surface area contributed by atoms with E-state index in [1.54, 1.807) is 24.3 Å². The van der Waals surface area contributed by atoms with Crippen LogP contribution >= 0.6 is 22.6 Å². The molecule has 2 amide bonds. The number of carbonyl (C=O) groups excluding carboxylic acids is 3. The van der Waals surface area contributed by atoms with Crippen LogP contribution in [-0.4, -0.2) is 24.2 Å². The van der Waals surface area contributed by atoms with Crippen molar-refractivity contribution in [1.82, 2.24) is 0 Å². The van der Waals surface area contributed by atoms with Gasteiger partial charge < -0.3 is 15.4 Å². The van der Waals surface area contributed by atoms with Gasteiger partial charge in [0.05, 0.1) is 5.56 Å². The normalized spacial score (nSPS) is 10.2. The lowest BCUT2D eigenvalue weighted by Gasteiger charge is -2.12. The summed E-state index contributed by atoms with van der Waals surface area (Å²) in [5, 5.41) is 5.48. The molecule has 0 atom stereocenters. The molecule has 142 valence electrons. The van der Waals surface area contributed by atoms with Crippen LogP contribution in [0, 0.1) is 3.57 Å². The molecule has 0 heterocycles. The van der Waals surface area contributed by atoms with E-state index in [4.69, 9.17) is 4.74 Å². The van der Waals surface area contributed by atoms with E-state index >= 15 is 0 Å². The Morgan fingerprint density at radius 3 is 2.37 bits per heavy atom. The molecule has 2 aromatic carbocycles. The fourth-order valence-electron chi connectivity index (χ4n) is 2.37. The number of Topliss-reactive ketones (excluding diaryl/α,β-unsaturated/α-hetero) is 1. The maximum absolute atomic E-state index is 12.1. The number of carbonyl (C=O) groups is 3. The summed E-state index contributed by atoms with van der Waals surface area (Å²) in [6.07, 6.45) is 1.15. The highest BCUT2D eigenvalue weighted by Crippen LogP contribution is 2.24. The van der Waals surface area contributed by atoms with Gasteiger partial charge in [-0.05, 0) is 72.3 Å². The Morgan fingerprint density at radius 1 is 1.00 bits per heavy atom. The van der Waals surface area contributed by atoms with Crippen molar-refractivity contribution in [2.75, 3.05) is 17.2 Å². The lowest BCUT2D eigenvalue weighted by molar-refractivity contribution is -0.118. The maximum Gasteiger partial charge on any atom is 0.262 e. The zero-order chi connectivity index (χ0) is 19.8. The third-order valence-corrected chi connectivity index (χ3v) is 4.26. The first-order chi connectivity index (χ1) is 12.9. The van der Waals surface area contributed by atoms with Crippen LogP contribution in [0.1, 0.15) is 37.0 Å². The van der Waals surface area contributed by atoms with Crippen LogP contribution in [0.4, 0.5) is 11.4 Å². The van der Waals surface area contributed by atoms with Crippen molar-refractivity contribution in [3.63, 3.8) is 0 Å². The largest absolute Gasteiger partial charge is 0.483 e. The second-order valence-corrected chi connectivity index (χ2v) is 7.16. The Hall–Kier alpha value is -2.42. The third kappa shape index (κ3) is 6.67. The van der Waals surface area contributed by atoms with Gasteiger partial charge in [-0.2, -0.15) is 0 Å². The van der Waals surface area contributed by atoms with Gasteiger partial charge in [0.15, 0.2) is 12.4 Å². The molecule has 0 spiro atoms. The van der Waals surface area contributed by atoms with E-state index in [9.17, 15) is 14.4 Å². The molecule has 0 aliphatic carbocycles. The Labute approximate surface area is 171 Å². The molecule has 0 unspecified atom stereocenters. The highest BCUT2D eigenvalue weighted by atomic mass is 127. The van der Waals surface area contributed by atoms with E-state index in [1.165, 1.54) is 6.92 Å². The van der Waals surface area contributed by atoms with Gasteiger partial charge in [0.2, 0.25) is 5.91 Å². The lowest BCUT2D eigenvalue weighted by Crippen LogP contribution is -2.21. The number of ketones is 1. The maximum atomic E-state index is 12.1. The summed E-state index contributed by atoms with van der Waals surface area (Å²) in [7, 11) is 0. The molecule has 0 aliphatic rings. The first kappa shape index (κ1) is 20.9. The van der Waals surface area contributed by atoms with E-state index in [0.29, 0.717) is 29.1 Å². The number of rotatable bonds is 8. The van der Waals surface area contributed by atoms with Crippen molar-refractivity contribution in [1.29, 1.82) is 0 Å². The number of anilines is 2. The van der Waals surface area contributed by atoms with E-state index in [-0.39, 0.29) is 24.2 Å². The minimum atomic E-state index is -0.327. The van der Waals surface area contributed by atoms with Gasteiger partial charge in [-0.15, -0.1) is 0 Å². The zero-order valence-corrected chi connectivity index (χ0v) is 17.3. The van der Waals surface area contributed by atoms with Crippen LogP contribution in [-0.2, 0) is 9.59 Å². The predicted octanol–water partition coefficient (Wildman–Crippen LogP) is 4.25. The molecule has 2 rings (SSSR count). The van der Waals surface area contributed by atoms with Gasteiger partial charge >= 0.3 is 0 Å². The number of amides is 2. The zero-order valence-electron chi connectivity index (χ0n) is 15.2. The van der Waals surface area contributed by atoms with Crippen molar-refractivity contribution >= 4 is 51.6 Å². The second kappa shape index (κ2) is 10.1. The number of benzene rings is 2. The summed E-state index contributed by atoms with van der Waals surface area (Å²) in [5.74, 6) is -0.354. The molecule has 2 N–H and O–H groups in total. The number of ether oxygens (including phenoxy) is 1. The Morgan fingerprint density at radius 2 is 1.70 bits per heavy atom. The van der Waals surface area contributed by atoms with E-state index in [2.05, 4.69) is 33.2 Å². The van der Waals surface area contributed by atoms with E-state index in [0.717, 1.165) is 9.99 Å². The van der Waals surface area contributed by atoms with Crippen LogP contribution in [0.25, 0.3) is 0 Å². The minimum absolute atomic E-state index is 0.113. The standard InChI is InChI=1S/C20H21IN2O4/c1-3-5-19(25)22-16-8-9-18(17(11-16)13(2)24)27-12-20(26)23-15-7-4-6-14(21)10-15/h4,6-11H,3,5,12H2,1-2H3,(H,22,25)(H,23,26). The molecule has 27 heavy (non-hydrogen) atoms. The van der Waals surface area contributed by atoms with Gasteiger partial charge in [0.25, 0.3) is 5.91 Å². The van der Waals surface area contributed by atoms with Crippen molar-refractivity contribution in [2.24, 2.45) is 0 Å². The Kier molecular flexibility index (Phi) is 7.78. The number of nitrogens with one attached hydrogen (secondary N) is 2. The second-order valence-electron chi connectivity index (χ2n) is 5.91. The molecule has 0 aromatic heterocycles. The summed E-state index contributed by atoms with van der Waals surface area (Å²) >= 11 is 2.16. The molecule has 0 aliphatic heterocycles. The molecule has 0 bridgehead atoms. The number of hydrogen-bond donors (Lipinski definition) is 2. The van der Waals surface area contributed by atoms with Crippen LogP contribution in [0.15, 0.2) is 42.5 Å². The topological polar surface area (TPSA) is 84.5 Å². The van der Waals surface area contributed by atoms with Crippen molar-refractivity contribution in [2.45, 2.75) is 26.7 Å². The van der Waals surface area contributed by atoms with Gasteiger partial charge in [-0.1, -0.05) is 13.0 Å². The highest BCUT2D eigenvalue weighted by molar-refractivity contribution is 14.1. The Bertz CT molecular complexity index is 852. The van der Waals surface area contributed by atoms with Crippen LogP contribution in [0.2, 0.25) is 0 Å². The Balaban J connectivity index is 2.03. The van der Waals surface area contributed by atoms with Gasteiger partial charge in [0, 0.05) is 21.4 Å². The highest BCUT2D eigenvalue weighted by Gasteiger charge is 2.13. The van der Waals surface area contributed by atoms with E-state index in [1.807, 2.05) is 25.1 Å². The summed E-state index contributed by atoms with van der Waals surface area (Å²) in [6, 6.07) is 12.2. The molecular formula is C20H21IN2O4. The van der Waals surface area contributed by atoms with Gasteiger partial charge in [-0.3, -0.25) is 14.4 Å². The van der Waals surface area contributed by atoms with Crippen molar-refractivity contribution < 1.29 is 19.1 Å². The molecule has 0 saturated carbocycles. The molecule has 0 radical (unpaired) electrons. The monoisotopic (exact) mass is 480 g/mol. The smallest absolute Gasteiger partial charge is 0.262 e. The summed E-state index contributed by atoms with van der Waals surface area (Å²) in [4.78, 5) is 35.7. The third-order valence-electron chi connectivity index (χ3n) is 3.59. The average molecular weight is 480 g/mol. The van der Waals surface area contributed by atoms with Gasteiger partial charge in [-0.25, -0.2) is 0 Å². The predicted molar refractivity (Wildman–Crippen MR) is 113 cm³/mol. The quantitative estimate of drug-likeness (QED) is 0.437. The molecule has 0 fully saturated rings. The van der Waals surface area contributed by atoms with Crippen LogP contribution < -0.4 is 15.4 Å². The summed E-state index contributed by atoms with van der Waals surface area (Å²) in [6.45, 7) is 3.10. The SMILES string of the molecule is CCCC(=O)Nc1ccc(OCC(=O)Nc2cccc(I)c2)c(C(C)=O)c1. The molecular weight excluding hydrogens is 459 g/mol. The molecule has 0 saturated heterocycles. The first-order valence-corrected chi connectivity index (χ1v) is 9.60. The molecule has 2 aromatic rings. The number of hydrogen-bond acceptors (Lipinski definition) is 4. The van der Waals surface area contributed by atoms with Crippen molar-refractivity contribution in [3.05, 3.63) is 51.6 Å². The summed E-state index contributed by atoms with van der Waals surface area (Å²) < 4.78 is 6.53. The first-order valence-electron chi connectivity index (χ1n) is 8.52.